The summed E-state index contributed by atoms with van der Waals surface area (Å²) in [4.78, 5) is 11.7. The van der Waals surface area contributed by atoms with Crippen LogP contribution < -0.4 is 15.2 Å². The fraction of sp³-hybridized carbons (Fsp3) is 0.387. The number of para-hydroxylation sites is 1. The number of hydrogen-bond acceptors (Lipinski definition) is 8. The number of ether oxygens (including phenoxy) is 3. The number of amidine groups is 1. The highest BCUT2D eigenvalue weighted by Gasteiger charge is 2.43. The van der Waals surface area contributed by atoms with E-state index in [-0.39, 0.29) is 17.9 Å². The summed E-state index contributed by atoms with van der Waals surface area (Å²) in [7, 11) is 1.69. The summed E-state index contributed by atoms with van der Waals surface area (Å²) in [5.41, 5.74) is 9.09. The highest BCUT2D eigenvalue weighted by molar-refractivity contribution is 6.30. The maximum absolute atomic E-state index is 14.8. The molecule has 0 saturated carbocycles. The van der Waals surface area contributed by atoms with E-state index in [9.17, 15) is 4.39 Å². The lowest BCUT2D eigenvalue weighted by Gasteiger charge is -2.32. The molecule has 1 fully saturated rings. The molecular formula is C31H34ClFN6O4. The average Bonchev–Trinajstić information content (AvgIpc) is 3.53. The molecule has 2 unspecified atom stereocenters. The Morgan fingerprint density at radius 2 is 2.05 bits per heavy atom. The molecule has 0 bridgehead atoms. The monoisotopic (exact) mass is 608 g/mol. The minimum Gasteiger partial charge on any atom is -0.444 e. The molecule has 4 heterocycles. The quantitative estimate of drug-likeness (QED) is 0.118. The fourth-order valence-electron chi connectivity index (χ4n) is 5.96. The van der Waals surface area contributed by atoms with Gasteiger partial charge in [0.1, 0.15) is 17.3 Å². The third-order valence-electron chi connectivity index (χ3n) is 8.35. The first-order chi connectivity index (χ1) is 20.7. The van der Waals surface area contributed by atoms with E-state index in [1.807, 2.05) is 19.1 Å². The van der Waals surface area contributed by atoms with Crippen molar-refractivity contribution in [2.75, 3.05) is 20.2 Å². The van der Waals surface area contributed by atoms with Crippen molar-refractivity contribution in [3.63, 3.8) is 0 Å². The van der Waals surface area contributed by atoms with Crippen molar-refractivity contribution in [2.45, 2.75) is 57.6 Å². The number of hydrogen-bond donors (Lipinski definition) is 2. The summed E-state index contributed by atoms with van der Waals surface area (Å²) >= 11 is 5.97. The van der Waals surface area contributed by atoms with Crippen LogP contribution in [0.2, 0.25) is 5.02 Å². The van der Waals surface area contributed by atoms with Crippen molar-refractivity contribution in [1.29, 1.82) is 0 Å². The van der Waals surface area contributed by atoms with Gasteiger partial charge >= 0.3 is 0 Å². The number of nitrogens with zero attached hydrogens (tertiary/aromatic N) is 5. The van der Waals surface area contributed by atoms with Gasteiger partial charge in [-0.25, -0.2) is 9.37 Å². The van der Waals surface area contributed by atoms with Gasteiger partial charge in [-0.1, -0.05) is 28.9 Å². The van der Waals surface area contributed by atoms with Crippen LogP contribution in [0, 0.1) is 5.82 Å². The van der Waals surface area contributed by atoms with E-state index in [0.717, 1.165) is 48.4 Å². The van der Waals surface area contributed by atoms with Gasteiger partial charge in [-0.15, -0.1) is 0 Å². The van der Waals surface area contributed by atoms with Crippen molar-refractivity contribution in [2.24, 2.45) is 10.9 Å². The minimum atomic E-state index is -1.28. The number of oxime groups is 1. The zero-order chi connectivity index (χ0) is 30.3. The van der Waals surface area contributed by atoms with Gasteiger partial charge in [0.05, 0.1) is 42.0 Å². The van der Waals surface area contributed by atoms with Crippen molar-refractivity contribution in [3.05, 3.63) is 82.1 Å². The first-order valence-corrected chi connectivity index (χ1v) is 14.6. The van der Waals surface area contributed by atoms with Crippen LogP contribution in [0.4, 0.5) is 4.39 Å². The Morgan fingerprint density at radius 1 is 1.26 bits per heavy atom. The van der Waals surface area contributed by atoms with Crippen LogP contribution in [0.15, 0.2) is 53.8 Å². The zero-order valence-corrected chi connectivity index (χ0v) is 25.0. The van der Waals surface area contributed by atoms with Crippen molar-refractivity contribution in [3.8, 4) is 11.5 Å². The SMILES string of the molecule is COC(C)Cn1c(CN2CCC(c3cccc4c3OC(C)(c3ccc(Cl)cc3F)O4)CC2)nc2cc(C(N)=NO)ncc21. The van der Waals surface area contributed by atoms with Crippen molar-refractivity contribution in [1.82, 2.24) is 19.4 Å². The molecule has 2 aliphatic rings. The number of imidazole rings is 1. The second-order valence-corrected chi connectivity index (χ2v) is 11.7. The third kappa shape index (κ3) is 5.60. The lowest BCUT2D eigenvalue weighted by molar-refractivity contribution is -0.0712. The second kappa shape index (κ2) is 11.6. The minimum absolute atomic E-state index is 0.0277. The predicted molar refractivity (Wildman–Crippen MR) is 160 cm³/mol. The number of halogens is 2. The van der Waals surface area contributed by atoms with E-state index in [0.29, 0.717) is 40.9 Å². The molecular weight excluding hydrogens is 575 g/mol. The maximum atomic E-state index is 14.8. The van der Waals surface area contributed by atoms with Crippen LogP contribution in [0.3, 0.4) is 0 Å². The van der Waals surface area contributed by atoms with Gasteiger partial charge in [0.25, 0.3) is 5.79 Å². The molecule has 226 valence electrons. The van der Waals surface area contributed by atoms with E-state index >= 15 is 0 Å². The number of methoxy groups -OCH3 is 1. The topological polar surface area (TPSA) is 120 Å². The highest BCUT2D eigenvalue weighted by atomic mass is 35.5. The summed E-state index contributed by atoms with van der Waals surface area (Å²) < 4.78 is 35.0. The van der Waals surface area contributed by atoms with Gasteiger partial charge in [0, 0.05) is 24.6 Å². The predicted octanol–water partition coefficient (Wildman–Crippen LogP) is 5.38. The largest absolute Gasteiger partial charge is 0.444 e. The molecule has 0 spiro atoms. The molecule has 0 radical (unpaired) electrons. The number of likely N-dealkylation sites (tertiary alicyclic amines) is 1. The summed E-state index contributed by atoms with van der Waals surface area (Å²) in [6.45, 7) is 6.71. The number of rotatable bonds is 8. The Morgan fingerprint density at radius 3 is 2.77 bits per heavy atom. The smallest absolute Gasteiger partial charge is 0.278 e. The molecule has 0 amide bonds. The van der Waals surface area contributed by atoms with Gasteiger partial charge < -0.3 is 29.7 Å². The molecule has 43 heavy (non-hydrogen) atoms. The molecule has 2 aromatic carbocycles. The Balaban J connectivity index is 1.19. The van der Waals surface area contributed by atoms with Crippen LogP contribution in [-0.2, 0) is 23.6 Å². The third-order valence-corrected chi connectivity index (χ3v) is 8.58. The Hall–Kier alpha value is -3.93. The standard InChI is InChI=1S/C31H34ClFN6O4/c1-18(41-3)16-39-26-15-35-25(30(34)37-40)14-24(26)36-28(39)17-38-11-9-19(10-12-38)21-5-4-6-27-29(21)43-31(2,42-27)22-8-7-20(32)13-23(22)33/h4-8,13-15,18-19,40H,9-12,16-17H2,1-3H3,(H2,34,37). The Bertz CT molecular complexity index is 1690. The normalized spacial score (nSPS) is 20.2. The average molecular weight is 609 g/mol. The van der Waals surface area contributed by atoms with Crippen LogP contribution in [-0.4, -0.2) is 56.8 Å². The molecule has 3 N–H and O–H groups in total. The maximum Gasteiger partial charge on any atom is 0.278 e. The van der Waals surface area contributed by atoms with Crippen LogP contribution in [0.25, 0.3) is 11.0 Å². The van der Waals surface area contributed by atoms with Crippen LogP contribution in [0.1, 0.15) is 55.3 Å². The van der Waals surface area contributed by atoms with Gasteiger partial charge in [0.2, 0.25) is 0 Å². The Labute approximate surface area is 253 Å². The van der Waals surface area contributed by atoms with Crippen molar-refractivity contribution >= 4 is 28.5 Å². The van der Waals surface area contributed by atoms with Crippen LogP contribution >= 0.6 is 11.6 Å². The first kappa shape index (κ1) is 29.2. The molecule has 6 rings (SSSR count). The van der Waals surface area contributed by atoms with E-state index in [2.05, 4.69) is 25.7 Å². The van der Waals surface area contributed by atoms with Gasteiger partial charge in [-0.2, -0.15) is 0 Å². The highest BCUT2D eigenvalue weighted by Crippen LogP contribution is 2.49. The van der Waals surface area contributed by atoms with Gasteiger partial charge in [-0.3, -0.25) is 9.88 Å². The molecule has 0 aliphatic carbocycles. The summed E-state index contributed by atoms with van der Waals surface area (Å²) in [6, 6.07) is 12.1. The number of fused-ring (bicyclic) bond motifs is 2. The first-order valence-electron chi connectivity index (χ1n) is 14.2. The van der Waals surface area contributed by atoms with Gasteiger partial charge in [-0.05, 0) is 69.1 Å². The lowest BCUT2D eigenvalue weighted by Crippen LogP contribution is -2.34. The summed E-state index contributed by atoms with van der Waals surface area (Å²) in [5, 5.41) is 12.5. The van der Waals surface area contributed by atoms with E-state index in [1.54, 1.807) is 38.4 Å². The van der Waals surface area contributed by atoms with E-state index in [4.69, 9.17) is 41.7 Å². The lowest BCUT2D eigenvalue weighted by atomic mass is 9.88. The molecule has 4 aromatic rings. The van der Waals surface area contributed by atoms with E-state index in [1.165, 1.54) is 6.07 Å². The molecule has 12 heteroatoms. The van der Waals surface area contributed by atoms with E-state index < -0.39 is 11.6 Å². The zero-order valence-electron chi connectivity index (χ0n) is 24.3. The number of benzene rings is 2. The molecule has 2 aromatic heterocycles. The van der Waals surface area contributed by atoms with Crippen molar-refractivity contribution < 1.29 is 23.8 Å². The molecule has 2 aliphatic heterocycles. The van der Waals surface area contributed by atoms with Gasteiger partial charge in [0.15, 0.2) is 17.3 Å². The fourth-order valence-corrected chi connectivity index (χ4v) is 6.12. The molecule has 10 nitrogen and oxygen atoms in total. The Kier molecular flexibility index (Phi) is 7.89. The number of aromatic nitrogens is 3. The van der Waals surface area contributed by atoms with Crippen LogP contribution in [0.5, 0.6) is 11.5 Å². The molecule has 1 saturated heterocycles. The number of nitrogens with two attached hydrogens (primary N) is 1. The second-order valence-electron chi connectivity index (χ2n) is 11.2. The summed E-state index contributed by atoms with van der Waals surface area (Å²) in [5.74, 6) is 0.612. The summed E-state index contributed by atoms with van der Waals surface area (Å²) in [6.07, 6.45) is 3.50. The molecule has 2 atom stereocenters. The number of piperidine rings is 1. The number of pyridine rings is 1.